The molecular formula is C22H25ClN4O2S. The fourth-order valence-electron chi connectivity index (χ4n) is 4.30. The Morgan fingerprint density at radius 3 is 2.83 bits per heavy atom. The highest BCUT2D eigenvalue weighted by Gasteiger charge is 2.27. The molecule has 1 atom stereocenters. The Morgan fingerprint density at radius 1 is 1.27 bits per heavy atom. The van der Waals surface area contributed by atoms with E-state index in [-0.39, 0.29) is 5.91 Å². The lowest BCUT2D eigenvalue weighted by molar-refractivity contribution is 0.0435. The van der Waals surface area contributed by atoms with Gasteiger partial charge in [0.05, 0.1) is 22.4 Å². The van der Waals surface area contributed by atoms with Crippen LogP contribution in [0.5, 0.6) is 0 Å². The van der Waals surface area contributed by atoms with Crippen molar-refractivity contribution in [3.63, 3.8) is 0 Å². The van der Waals surface area contributed by atoms with Gasteiger partial charge in [0.25, 0.3) is 5.91 Å². The number of hydrogen-bond donors (Lipinski definition) is 0. The van der Waals surface area contributed by atoms with Crippen LogP contribution in [-0.4, -0.2) is 70.9 Å². The average Bonchev–Trinajstić information content (AvgIpc) is 3.47. The summed E-state index contributed by atoms with van der Waals surface area (Å²) in [6.45, 7) is 7.20. The summed E-state index contributed by atoms with van der Waals surface area (Å²) in [5.74, 6) is 0.116. The normalized spacial score (nSPS) is 20.3. The molecule has 1 amide bonds. The quantitative estimate of drug-likeness (QED) is 0.610. The first-order chi connectivity index (χ1) is 14.6. The number of ether oxygens (including phenoxy) is 1. The van der Waals surface area contributed by atoms with E-state index in [2.05, 4.69) is 10.00 Å². The zero-order chi connectivity index (χ0) is 20.7. The van der Waals surface area contributed by atoms with Gasteiger partial charge < -0.3 is 9.64 Å². The molecule has 30 heavy (non-hydrogen) atoms. The number of aryl methyl sites for hydroxylation is 1. The molecule has 1 aromatic carbocycles. The minimum absolute atomic E-state index is 0.116. The number of hydrogen-bond acceptors (Lipinski definition) is 5. The first-order valence-corrected chi connectivity index (χ1v) is 11.7. The number of carbonyl (C=O) groups is 1. The van der Waals surface area contributed by atoms with Crippen LogP contribution >= 0.6 is 22.9 Å². The third kappa shape index (κ3) is 3.87. The molecular weight excluding hydrogens is 420 g/mol. The summed E-state index contributed by atoms with van der Waals surface area (Å²) in [5.41, 5.74) is 1.82. The van der Waals surface area contributed by atoms with Crippen LogP contribution in [0.3, 0.4) is 0 Å². The topological polar surface area (TPSA) is 50.6 Å². The summed E-state index contributed by atoms with van der Waals surface area (Å²) in [6, 6.07) is 9.62. The Balaban J connectivity index is 1.31. The van der Waals surface area contributed by atoms with Gasteiger partial charge in [-0.2, -0.15) is 5.10 Å². The number of thiophene rings is 1. The van der Waals surface area contributed by atoms with Gasteiger partial charge in [-0.15, -0.1) is 11.3 Å². The maximum atomic E-state index is 13.2. The lowest BCUT2D eigenvalue weighted by atomic mass is 10.2. The molecule has 8 heteroatoms. The van der Waals surface area contributed by atoms with E-state index in [9.17, 15) is 4.79 Å². The zero-order valence-electron chi connectivity index (χ0n) is 17.0. The molecule has 158 valence electrons. The zero-order valence-corrected chi connectivity index (χ0v) is 18.6. The summed E-state index contributed by atoms with van der Waals surface area (Å²) in [6.07, 6.45) is 2.69. The minimum Gasteiger partial charge on any atom is -0.377 e. The monoisotopic (exact) mass is 444 g/mol. The van der Waals surface area contributed by atoms with Gasteiger partial charge in [-0.25, -0.2) is 4.68 Å². The van der Waals surface area contributed by atoms with Crippen molar-refractivity contribution < 1.29 is 9.53 Å². The Morgan fingerprint density at radius 2 is 2.10 bits per heavy atom. The molecule has 0 N–H and O–H groups in total. The number of benzene rings is 1. The maximum absolute atomic E-state index is 13.2. The third-order valence-corrected chi connectivity index (χ3v) is 7.29. The van der Waals surface area contributed by atoms with Crippen molar-refractivity contribution >= 4 is 39.1 Å². The molecule has 2 fully saturated rings. The van der Waals surface area contributed by atoms with Gasteiger partial charge in [0.15, 0.2) is 0 Å². The Hall–Kier alpha value is -1.93. The minimum atomic E-state index is 0.116. The van der Waals surface area contributed by atoms with E-state index in [1.165, 1.54) is 17.8 Å². The first kappa shape index (κ1) is 20.0. The van der Waals surface area contributed by atoms with Gasteiger partial charge in [-0.3, -0.25) is 9.69 Å². The van der Waals surface area contributed by atoms with Crippen LogP contribution in [-0.2, 0) is 4.74 Å². The van der Waals surface area contributed by atoms with Crippen molar-refractivity contribution in [3.05, 3.63) is 45.9 Å². The maximum Gasteiger partial charge on any atom is 0.264 e. The highest BCUT2D eigenvalue weighted by atomic mass is 35.5. The van der Waals surface area contributed by atoms with Crippen molar-refractivity contribution in [2.75, 3.05) is 39.3 Å². The number of nitrogens with zero attached hydrogens (tertiary/aromatic N) is 4. The second-order valence-corrected chi connectivity index (χ2v) is 9.50. The van der Waals surface area contributed by atoms with Crippen molar-refractivity contribution in [2.45, 2.75) is 25.9 Å². The standard InChI is InChI=1S/C22H25ClN4O2S/c1-15-19-13-20(30-22(19)27(24-15)17-5-2-4-16(23)12-17)21(28)26-9-7-25(8-10-26)14-18-6-3-11-29-18/h2,4-5,12-13,18H,3,6-11,14H2,1H3. The van der Waals surface area contributed by atoms with E-state index in [4.69, 9.17) is 16.3 Å². The summed E-state index contributed by atoms with van der Waals surface area (Å²) < 4.78 is 7.64. The Labute approximate surface area is 185 Å². The SMILES string of the molecule is Cc1nn(-c2cccc(Cl)c2)c2sc(C(=O)N3CCN(CC4CCCO4)CC3)cc12. The fourth-order valence-corrected chi connectivity index (χ4v) is 5.64. The van der Waals surface area contributed by atoms with E-state index in [1.807, 2.05) is 46.8 Å². The van der Waals surface area contributed by atoms with Gasteiger partial charge in [0.1, 0.15) is 4.83 Å². The molecule has 1 unspecified atom stereocenters. The van der Waals surface area contributed by atoms with Gasteiger partial charge >= 0.3 is 0 Å². The summed E-state index contributed by atoms with van der Waals surface area (Å²) in [7, 11) is 0. The van der Waals surface area contributed by atoms with Crippen LogP contribution in [0.2, 0.25) is 5.02 Å². The van der Waals surface area contributed by atoms with Crippen LogP contribution in [0.1, 0.15) is 28.2 Å². The predicted octanol–water partition coefficient (Wildman–Crippen LogP) is 3.99. The lowest BCUT2D eigenvalue weighted by Gasteiger charge is -2.35. The average molecular weight is 445 g/mol. The van der Waals surface area contributed by atoms with E-state index in [0.29, 0.717) is 11.1 Å². The molecule has 0 aliphatic carbocycles. The smallest absolute Gasteiger partial charge is 0.264 e. The number of rotatable bonds is 4. The Kier molecular flexibility index (Phi) is 5.54. The van der Waals surface area contributed by atoms with Crippen molar-refractivity contribution in [2.24, 2.45) is 0 Å². The summed E-state index contributed by atoms with van der Waals surface area (Å²) >= 11 is 7.67. The van der Waals surface area contributed by atoms with E-state index >= 15 is 0 Å². The third-order valence-electron chi connectivity index (χ3n) is 5.95. The molecule has 2 aliphatic heterocycles. The van der Waals surface area contributed by atoms with Gasteiger partial charge in [-0.05, 0) is 44.0 Å². The largest absolute Gasteiger partial charge is 0.377 e. The molecule has 2 aliphatic rings. The number of fused-ring (bicyclic) bond motifs is 1. The molecule has 0 bridgehead atoms. The van der Waals surface area contributed by atoms with Crippen molar-refractivity contribution in [1.82, 2.24) is 19.6 Å². The fraction of sp³-hybridized carbons (Fsp3) is 0.455. The van der Waals surface area contributed by atoms with Crippen LogP contribution < -0.4 is 0 Å². The van der Waals surface area contributed by atoms with E-state index < -0.39 is 0 Å². The molecule has 0 spiro atoms. The second-order valence-electron chi connectivity index (χ2n) is 8.03. The summed E-state index contributed by atoms with van der Waals surface area (Å²) in [4.78, 5) is 19.3. The molecule has 3 aromatic rings. The first-order valence-electron chi connectivity index (χ1n) is 10.5. The van der Waals surface area contributed by atoms with Gasteiger partial charge in [-0.1, -0.05) is 17.7 Å². The second kappa shape index (κ2) is 8.30. The van der Waals surface area contributed by atoms with E-state index in [1.54, 1.807) is 0 Å². The van der Waals surface area contributed by atoms with Crippen LogP contribution in [0.25, 0.3) is 15.9 Å². The number of amides is 1. The molecule has 2 saturated heterocycles. The van der Waals surface area contributed by atoms with Crippen LogP contribution in [0, 0.1) is 6.92 Å². The number of piperazine rings is 1. The Bertz CT molecular complexity index is 1060. The number of halogens is 1. The molecule has 0 saturated carbocycles. The van der Waals surface area contributed by atoms with Crippen molar-refractivity contribution in [1.29, 1.82) is 0 Å². The van der Waals surface area contributed by atoms with Gasteiger partial charge in [0.2, 0.25) is 0 Å². The molecule has 5 rings (SSSR count). The number of carbonyl (C=O) groups excluding carboxylic acids is 1. The molecule has 0 radical (unpaired) electrons. The molecule has 4 heterocycles. The predicted molar refractivity (Wildman–Crippen MR) is 120 cm³/mol. The van der Waals surface area contributed by atoms with Crippen LogP contribution in [0.15, 0.2) is 30.3 Å². The van der Waals surface area contributed by atoms with Crippen LogP contribution in [0.4, 0.5) is 0 Å². The van der Waals surface area contributed by atoms with Crippen molar-refractivity contribution in [3.8, 4) is 5.69 Å². The molecule has 2 aromatic heterocycles. The summed E-state index contributed by atoms with van der Waals surface area (Å²) in [5, 5.41) is 6.35. The molecule has 6 nitrogen and oxygen atoms in total. The lowest BCUT2D eigenvalue weighted by Crippen LogP contribution is -2.50. The van der Waals surface area contributed by atoms with E-state index in [0.717, 1.165) is 72.2 Å². The highest BCUT2D eigenvalue weighted by Crippen LogP contribution is 2.32. The highest BCUT2D eigenvalue weighted by molar-refractivity contribution is 7.20. The van der Waals surface area contributed by atoms with Gasteiger partial charge in [0, 0.05) is 49.7 Å². The number of aromatic nitrogens is 2.